The SMILES string of the molecule is CCOC(=O)CN(CC)c1nc(C)cc(OCC)n1. The maximum absolute atomic E-state index is 11.5. The number of aromatic nitrogens is 2. The van der Waals surface area contributed by atoms with Crippen LogP contribution in [0.25, 0.3) is 0 Å². The van der Waals surface area contributed by atoms with Crippen LogP contribution in [0.3, 0.4) is 0 Å². The second-order valence-corrected chi connectivity index (χ2v) is 3.90. The molecular formula is C13H21N3O3. The fourth-order valence-electron chi connectivity index (χ4n) is 1.57. The van der Waals surface area contributed by atoms with Crippen molar-refractivity contribution in [3.05, 3.63) is 11.8 Å². The van der Waals surface area contributed by atoms with Crippen LogP contribution in [0, 0.1) is 6.92 Å². The van der Waals surface area contributed by atoms with Crippen LogP contribution in [-0.4, -0.2) is 42.2 Å². The zero-order valence-corrected chi connectivity index (χ0v) is 12.0. The van der Waals surface area contributed by atoms with Gasteiger partial charge in [-0.3, -0.25) is 4.79 Å². The molecule has 1 rings (SSSR count). The first-order chi connectivity index (χ1) is 9.10. The average Bonchev–Trinajstić information content (AvgIpc) is 2.36. The molecule has 1 aromatic rings. The molecule has 0 aliphatic rings. The van der Waals surface area contributed by atoms with E-state index in [-0.39, 0.29) is 12.5 Å². The van der Waals surface area contributed by atoms with Crippen LogP contribution in [-0.2, 0) is 9.53 Å². The molecule has 0 aliphatic heterocycles. The number of anilines is 1. The molecule has 6 heteroatoms. The fourth-order valence-corrected chi connectivity index (χ4v) is 1.57. The predicted octanol–water partition coefficient (Wildman–Crippen LogP) is 1.57. The number of carbonyl (C=O) groups is 1. The van der Waals surface area contributed by atoms with Crippen molar-refractivity contribution in [1.29, 1.82) is 0 Å². The van der Waals surface area contributed by atoms with Crippen molar-refractivity contribution in [3.63, 3.8) is 0 Å². The van der Waals surface area contributed by atoms with Crippen LogP contribution >= 0.6 is 0 Å². The minimum absolute atomic E-state index is 0.138. The molecule has 0 fully saturated rings. The van der Waals surface area contributed by atoms with E-state index in [0.717, 1.165) is 5.69 Å². The summed E-state index contributed by atoms with van der Waals surface area (Å²) >= 11 is 0. The molecule has 0 amide bonds. The van der Waals surface area contributed by atoms with E-state index in [9.17, 15) is 4.79 Å². The Labute approximate surface area is 113 Å². The van der Waals surface area contributed by atoms with Gasteiger partial charge in [0.25, 0.3) is 0 Å². The zero-order chi connectivity index (χ0) is 14.3. The summed E-state index contributed by atoms with van der Waals surface area (Å²) in [6.45, 7) is 9.15. The summed E-state index contributed by atoms with van der Waals surface area (Å²) in [4.78, 5) is 21.9. The largest absolute Gasteiger partial charge is 0.478 e. The van der Waals surface area contributed by atoms with E-state index in [2.05, 4.69) is 9.97 Å². The van der Waals surface area contributed by atoms with E-state index in [0.29, 0.717) is 31.6 Å². The maximum Gasteiger partial charge on any atom is 0.325 e. The number of hydrogen-bond acceptors (Lipinski definition) is 6. The highest BCUT2D eigenvalue weighted by Crippen LogP contribution is 2.15. The summed E-state index contributed by atoms with van der Waals surface area (Å²) in [6, 6.07) is 1.77. The van der Waals surface area contributed by atoms with Gasteiger partial charge in [0.05, 0.1) is 13.2 Å². The Hall–Kier alpha value is -1.85. The van der Waals surface area contributed by atoms with Crippen LogP contribution in [0.4, 0.5) is 5.95 Å². The summed E-state index contributed by atoms with van der Waals surface area (Å²) in [7, 11) is 0. The third kappa shape index (κ3) is 4.73. The quantitative estimate of drug-likeness (QED) is 0.699. The Morgan fingerprint density at radius 2 is 2.00 bits per heavy atom. The lowest BCUT2D eigenvalue weighted by Crippen LogP contribution is -2.32. The summed E-state index contributed by atoms with van der Waals surface area (Å²) < 4.78 is 10.3. The molecule has 19 heavy (non-hydrogen) atoms. The topological polar surface area (TPSA) is 64.5 Å². The number of carbonyl (C=O) groups excluding carboxylic acids is 1. The molecule has 1 aromatic heterocycles. The lowest BCUT2D eigenvalue weighted by Gasteiger charge is -2.20. The van der Waals surface area contributed by atoms with Crippen molar-refractivity contribution >= 4 is 11.9 Å². The van der Waals surface area contributed by atoms with Crippen LogP contribution in [0.5, 0.6) is 5.88 Å². The van der Waals surface area contributed by atoms with Gasteiger partial charge in [-0.05, 0) is 27.7 Å². The maximum atomic E-state index is 11.5. The van der Waals surface area contributed by atoms with Gasteiger partial charge in [-0.25, -0.2) is 4.98 Å². The van der Waals surface area contributed by atoms with Gasteiger partial charge >= 0.3 is 5.97 Å². The molecule has 0 unspecified atom stereocenters. The van der Waals surface area contributed by atoms with Crippen LogP contribution < -0.4 is 9.64 Å². The van der Waals surface area contributed by atoms with E-state index >= 15 is 0 Å². The van der Waals surface area contributed by atoms with Crippen molar-refractivity contribution in [3.8, 4) is 5.88 Å². The van der Waals surface area contributed by atoms with Crippen LogP contribution in [0.2, 0.25) is 0 Å². The molecule has 0 aromatic carbocycles. The normalized spacial score (nSPS) is 10.1. The van der Waals surface area contributed by atoms with Gasteiger partial charge in [0, 0.05) is 18.3 Å². The fraction of sp³-hybridized carbons (Fsp3) is 0.615. The highest BCUT2D eigenvalue weighted by atomic mass is 16.5. The van der Waals surface area contributed by atoms with Crippen molar-refractivity contribution < 1.29 is 14.3 Å². The Bertz CT molecular complexity index is 424. The first-order valence-corrected chi connectivity index (χ1v) is 6.49. The lowest BCUT2D eigenvalue weighted by molar-refractivity contribution is -0.141. The minimum atomic E-state index is -0.285. The highest BCUT2D eigenvalue weighted by Gasteiger charge is 2.14. The van der Waals surface area contributed by atoms with Crippen molar-refractivity contribution in [2.75, 3.05) is 31.2 Å². The molecule has 0 radical (unpaired) electrons. The van der Waals surface area contributed by atoms with E-state index in [1.54, 1.807) is 17.9 Å². The van der Waals surface area contributed by atoms with Gasteiger partial charge in [-0.1, -0.05) is 0 Å². The lowest BCUT2D eigenvalue weighted by atomic mass is 10.4. The molecule has 0 aliphatic carbocycles. The minimum Gasteiger partial charge on any atom is -0.478 e. The highest BCUT2D eigenvalue weighted by molar-refractivity contribution is 5.74. The Morgan fingerprint density at radius 1 is 1.26 bits per heavy atom. The molecular weight excluding hydrogens is 246 g/mol. The Balaban J connectivity index is 2.87. The first kappa shape index (κ1) is 15.2. The molecule has 0 atom stereocenters. The van der Waals surface area contributed by atoms with Gasteiger partial charge in [-0.2, -0.15) is 4.98 Å². The standard InChI is InChI=1S/C13H21N3O3/c1-5-16(9-12(17)19-7-3)13-14-10(4)8-11(15-13)18-6-2/h8H,5-7,9H2,1-4H3. The molecule has 6 nitrogen and oxygen atoms in total. The predicted molar refractivity (Wildman–Crippen MR) is 72.5 cm³/mol. The monoisotopic (exact) mass is 267 g/mol. The second kappa shape index (κ2) is 7.56. The van der Waals surface area contributed by atoms with Crippen molar-refractivity contribution in [1.82, 2.24) is 9.97 Å². The van der Waals surface area contributed by atoms with Gasteiger partial charge in [0.15, 0.2) is 0 Å². The van der Waals surface area contributed by atoms with Crippen molar-refractivity contribution in [2.45, 2.75) is 27.7 Å². The number of hydrogen-bond donors (Lipinski definition) is 0. The molecule has 1 heterocycles. The number of nitrogens with zero attached hydrogens (tertiary/aromatic N) is 3. The van der Waals surface area contributed by atoms with E-state index < -0.39 is 0 Å². The molecule has 0 saturated carbocycles. The van der Waals surface area contributed by atoms with E-state index in [1.165, 1.54) is 0 Å². The number of aryl methyl sites for hydroxylation is 1. The third-order valence-corrected chi connectivity index (χ3v) is 2.40. The summed E-state index contributed by atoms with van der Waals surface area (Å²) in [5, 5.41) is 0. The molecule has 0 spiro atoms. The molecule has 106 valence electrons. The van der Waals surface area contributed by atoms with Gasteiger partial charge in [0.2, 0.25) is 11.8 Å². The second-order valence-electron chi connectivity index (χ2n) is 3.90. The van der Waals surface area contributed by atoms with E-state index in [1.807, 2.05) is 20.8 Å². The zero-order valence-electron chi connectivity index (χ0n) is 12.0. The molecule has 0 saturated heterocycles. The smallest absolute Gasteiger partial charge is 0.325 e. The van der Waals surface area contributed by atoms with Crippen molar-refractivity contribution in [2.24, 2.45) is 0 Å². The summed E-state index contributed by atoms with van der Waals surface area (Å²) in [6.07, 6.45) is 0. The van der Waals surface area contributed by atoms with E-state index in [4.69, 9.17) is 9.47 Å². The first-order valence-electron chi connectivity index (χ1n) is 6.49. The summed E-state index contributed by atoms with van der Waals surface area (Å²) in [5.41, 5.74) is 0.802. The Kier molecular flexibility index (Phi) is 6.05. The average molecular weight is 267 g/mol. The number of likely N-dealkylation sites (N-methyl/N-ethyl adjacent to an activating group) is 1. The molecule has 0 N–H and O–H groups in total. The third-order valence-electron chi connectivity index (χ3n) is 2.40. The van der Waals surface area contributed by atoms with Crippen LogP contribution in [0.15, 0.2) is 6.07 Å². The van der Waals surface area contributed by atoms with Crippen LogP contribution in [0.1, 0.15) is 26.5 Å². The summed E-state index contributed by atoms with van der Waals surface area (Å²) in [5.74, 6) is 0.721. The number of rotatable bonds is 7. The number of esters is 1. The Morgan fingerprint density at radius 3 is 2.58 bits per heavy atom. The van der Waals surface area contributed by atoms with Gasteiger partial charge in [-0.15, -0.1) is 0 Å². The van der Waals surface area contributed by atoms with Gasteiger partial charge in [0.1, 0.15) is 6.54 Å². The van der Waals surface area contributed by atoms with Gasteiger partial charge < -0.3 is 14.4 Å². The number of ether oxygens (including phenoxy) is 2. The molecule has 0 bridgehead atoms.